The summed E-state index contributed by atoms with van der Waals surface area (Å²) in [4.78, 5) is 14.8. The van der Waals surface area contributed by atoms with E-state index in [-0.39, 0.29) is 18.6 Å². The lowest BCUT2D eigenvalue weighted by atomic mass is 10.1. The Hall–Kier alpha value is -1.81. The Kier molecular flexibility index (Phi) is 5.61. The van der Waals surface area contributed by atoms with Crippen molar-refractivity contribution in [1.82, 2.24) is 4.90 Å². The van der Waals surface area contributed by atoms with Crippen LogP contribution in [0.15, 0.2) is 18.2 Å². The first-order chi connectivity index (χ1) is 10.5. The number of benzene rings is 1. The molecule has 1 saturated heterocycles. The molecule has 0 aliphatic carbocycles. The zero-order valence-electron chi connectivity index (χ0n) is 12.5. The number of nitrogens with two attached hydrogens (primary N) is 1. The molecule has 1 amide bonds. The summed E-state index contributed by atoms with van der Waals surface area (Å²) in [7, 11) is 1.82. The molecule has 118 valence electrons. The number of nitriles is 1. The summed E-state index contributed by atoms with van der Waals surface area (Å²) in [6.45, 7) is 2.61. The molecule has 1 aromatic carbocycles. The molecule has 1 unspecified atom stereocenters. The van der Waals surface area contributed by atoms with Crippen LogP contribution in [-0.2, 0) is 9.53 Å². The molecule has 7 heteroatoms. The molecule has 0 aromatic heterocycles. The Labute approximate surface area is 135 Å². The molecule has 0 spiro atoms. The first kappa shape index (κ1) is 16.6. The monoisotopic (exact) mass is 322 g/mol. The van der Waals surface area contributed by atoms with Crippen LogP contribution in [0.5, 0.6) is 0 Å². The van der Waals surface area contributed by atoms with Crippen LogP contribution in [0.2, 0.25) is 5.02 Å². The van der Waals surface area contributed by atoms with Gasteiger partial charge in [-0.25, -0.2) is 0 Å². The van der Waals surface area contributed by atoms with Crippen molar-refractivity contribution in [2.45, 2.75) is 6.10 Å². The van der Waals surface area contributed by atoms with E-state index < -0.39 is 0 Å². The largest absolute Gasteiger partial charge is 0.373 e. The molecule has 0 bridgehead atoms. The molecule has 0 radical (unpaired) electrons. The quantitative estimate of drug-likeness (QED) is 0.868. The van der Waals surface area contributed by atoms with E-state index >= 15 is 0 Å². The summed E-state index contributed by atoms with van der Waals surface area (Å²) in [5.41, 5.74) is 6.49. The number of carbonyl (C=O) groups excluding carboxylic acids is 1. The Morgan fingerprint density at radius 2 is 2.41 bits per heavy atom. The fourth-order valence-corrected chi connectivity index (χ4v) is 2.93. The van der Waals surface area contributed by atoms with Crippen molar-refractivity contribution in [1.29, 1.82) is 5.26 Å². The molecular weight excluding hydrogens is 304 g/mol. The highest BCUT2D eigenvalue weighted by atomic mass is 35.5. The van der Waals surface area contributed by atoms with Crippen molar-refractivity contribution in [2.75, 3.05) is 44.7 Å². The summed E-state index contributed by atoms with van der Waals surface area (Å²) in [6, 6.07) is 7.48. The number of hydrogen-bond donors (Lipinski definition) is 1. The lowest BCUT2D eigenvalue weighted by Crippen LogP contribution is -2.48. The molecule has 1 aromatic rings. The zero-order chi connectivity index (χ0) is 16.1. The third-order valence-corrected chi connectivity index (χ3v) is 3.81. The Balaban J connectivity index is 2.08. The number of para-hydroxylation sites is 1. The van der Waals surface area contributed by atoms with Gasteiger partial charge in [-0.3, -0.25) is 9.69 Å². The number of rotatable bonds is 5. The Morgan fingerprint density at radius 3 is 3.09 bits per heavy atom. The van der Waals surface area contributed by atoms with Gasteiger partial charge in [0.25, 0.3) is 0 Å². The maximum atomic E-state index is 10.9. The molecule has 1 atom stereocenters. The number of carbonyl (C=O) groups is 1. The zero-order valence-corrected chi connectivity index (χ0v) is 13.2. The highest BCUT2D eigenvalue weighted by Crippen LogP contribution is 2.30. The summed E-state index contributed by atoms with van der Waals surface area (Å²) >= 11 is 6.26. The van der Waals surface area contributed by atoms with Gasteiger partial charge in [0.05, 0.1) is 35.5 Å². The number of likely N-dealkylation sites (N-methyl/N-ethyl adjacent to an activating group) is 1. The second-order valence-electron chi connectivity index (χ2n) is 5.35. The van der Waals surface area contributed by atoms with E-state index in [0.717, 1.165) is 5.69 Å². The summed E-state index contributed by atoms with van der Waals surface area (Å²) in [5, 5.41) is 9.82. The van der Waals surface area contributed by atoms with Crippen molar-refractivity contribution in [2.24, 2.45) is 5.73 Å². The van der Waals surface area contributed by atoms with Gasteiger partial charge in [-0.05, 0) is 19.2 Å². The lowest BCUT2D eigenvalue weighted by Gasteiger charge is -2.36. The maximum Gasteiger partial charge on any atom is 0.231 e. The van der Waals surface area contributed by atoms with Crippen molar-refractivity contribution in [3.63, 3.8) is 0 Å². The molecule has 1 fully saturated rings. The molecule has 6 nitrogen and oxygen atoms in total. The molecule has 1 aliphatic rings. The van der Waals surface area contributed by atoms with Gasteiger partial charge in [-0.2, -0.15) is 5.26 Å². The first-order valence-corrected chi connectivity index (χ1v) is 7.41. The van der Waals surface area contributed by atoms with Crippen LogP contribution in [-0.4, -0.2) is 56.7 Å². The molecule has 2 rings (SSSR count). The van der Waals surface area contributed by atoms with E-state index in [0.29, 0.717) is 36.8 Å². The fourth-order valence-electron chi connectivity index (χ4n) is 2.64. The third-order valence-electron chi connectivity index (χ3n) is 3.50. The Morgan fingerprint density at radius 1 is 1.64 bits per heavy atom. The molecule has 22 heavy (non-hydrogen) atoms. The predicted octanol–water partition coefficient (Wildman–Crippen LogP) is 0.834. The molecule has 1 heterocycles. The smallest absolute Gasteiger partial charge is 0.231 e. The van der Waals surface area contributed by atoms with Gasteiger partial charge < -0.3 is 15.4 Å². The number of morpholine rings is 1. The van der Waals surface area contributed by atoms with Crippen LogP contribution in [0, 0.1) is 11.3 Å². The van der Waals surface area contributed by atoms with Gasteiger partial charge in [-0.1, -0.05) is 17.7 Å². The molecule has 2 N–H and O–H groups in total. The summed E-state index contributed by atoms with van der Waals surface area (Å²) in [6.07, 6.45) is -0.0686. The van der Waals surface area contributed by atoms with Crippen molar-refractivity contribution >= 4 is 23.2 Å². The number of nitrogens with zero attached hydrogens (tertiary/aromatic N) is 3. The molecule has 1 aliphatic heterocycles. The van der Waals surface area contributed by atoms with Gasteiger partial charge in [0, 0.05) is 19.6 Å². The van der Waals surface area contributed by atoms with E-state index in [1.807, 2.05) is 11.9 Å². The second-order valence-corrected chi connectivity index (χ2v) is 5.76. The minimum atomic E-state index is -0.368. The number of amides is 1. The average molecular weight is 323 g/mol. The van der Waals surface area contributed by atoms with E-state index in [9.17, 15) is 10.1 Å². The SMILES string of the molecule is CN(CC(N)=O)CC1CN(c2c(Cl)cccc2C#N)CCO1. The van der Waals surface area contributed by atoms with Crippen LogP contribution < -0.4 is 10.6 Å². The van der Waals surface area contributed by atoms with Crippen LogP contribution in [0.3, 0.4) is 0 Å². The van der Waals surface area contributed by atoms with Gasteiger partial charge in [0.1, 0.15) is 6.07 Å². The minimum Gasteiger partial charge on any atom is -0.373 e. The van der Waals surface area contributed by atoms with E-state index in [2.05, 4.69) is 11.0 Å². The highest BCUT2D eigenvalue weighted by molar-refractivity contribution is 6.33. The summed E-state index contributed by atoms with van der Waals surface area (Å²) in [5.74, 6) is -0.368. The van der Waals surface area contributed by atoms with E-state index in [4.69, 9.17) is 22.1 Å². The highest BCUT2D eigenvalue weighted by Gasteiger charge is 2.25. The topological polar surface area (TPSA) is 82.6 Å². The van der Waals surface area contributed by atoms with Crippen LogP contribution in [0.4, 0.5) is 5.69 Å². The standard InChI is InChI=1S/C15H19ClN4O2/c1-19(10-14(18)21)8-12-9-20(5-6-22-12)15-11(7-17)3-2-4-13(15)16/h2-4,12H,5-6,8-10H2,1H3,(H2,18,21). The number of halogens is 1. The van der Waals surface area contributed by atoms with Gasteiger partial charge >= 0.3 is 0 Å². The number of anilines is 1. The first-order valence-electron chi connectivity index (χ1n) is 7.03. The van der Waals surface area contributed by atoms with Crippen LogP contribution in [0.1, 0.15) is 5.56 Å². The fraction of sp³-hybridized carbons (Fsp3) is 0.467. The second kappa shape index (κ2) is 7.45. The normalized spacial score (nSPS) is 18.3. The van der Waals surface area contributed by atoms with Crippen LogP contribution in [0.25, 0.3) is 0 Å². The average Bonchev–Trinajstić information content (AvgIpc) is 2.46. The van der Waals surface area contributed by atoms with Gasteiger partial charge in [-0.15, -0.1) is 0 Å². The number of primary amides is 1. The predicted molar refractivity (Wildman–Crippen MR) is 84.8 cm³/mol. The van der Waals surface area contributed by atoms with E-state index in [1.165, 1.54) is 0 Å². The van der Waals surface area contributed by atoms with Crippen LogP contribution >= 0.6 is 11.6 Å². The van der Waals surface area contributed by atoms with Gasteiger partial charge in [0.2, 0.25) is 5.91 Å². The lowest BCUT2D eigenvalue weighted by molar-refractivity contribution is -0.119. The molecular formula is C15H19ClN4O2. The van der Waals surface area contributed by atoms with Crippen molar-refractivity contribution in [3.05, 3.63) is 28.8 Å². The van der Waals surface area contributed by atoms with Gasteiger partial charge in [0.15, 0.2) is 0 Å². The molecule has 0 saturated carbocycles. The number of ether oxygens (including phenoxy) is 1. The minimum absolute atomic E-state index is 0.0686. The Bertz CT molecular complexity index is 587. The van der Waals surface area contributed by atoms with E-state index in [1.54, 1.807) is 18.2 Å². The van der Waals surface area contributed by atoms with Crippen molar-refractivity contribution < 1.29 is 9.53 Å². The van der Waals surface area contributed by atoms with Crippen molar-refractivity contribution in [3.8, 4) is 6.07 Å². The maximum absolute atomic E-state index is 10.9. The third kappa shape index (κ3) is 4.10. The number of hydrogen-bond acceptors (Lipinski definition) is 5. The summed E-state index contributed by atoms with van der Waals surface area (Å²) < 4.78 is 5.73.